The highest BCUT2D eigenvalue weighted by atomic mass is 32.2. The van der Waals surface area contributed by atoms with Crippen LogP contribution in [0.5, 0.6) is 0 Å². The van der Waals surface area contributed by atoms with E-state index in [0.29, 0.717) is 10.6 Å². The van der Waals surface area contributed by atoms with E-state index in [-0.39, 0.29) is 4.90 Å². The van der Waals surface area contributed by atoms with Crippen molar-refractivity contribution >= 4 is 42.4 Å². The summed E-state index contributed by atoms with van der Waals surface area (Å²) in [6.07, 6.45) is 0. The van der Waals surface area contributed by atoms with Gasteiger partial charge in [-0.3, -0.25) is 4.72 Å². The second-order valence-electron chi connectivity index (χ2n) is 4.77. The largest absolute Gasteiger partial charge is 0.465 e. The van der Waals surface area contributed by atoms with Crippen LogP contribution in [-0.2, 0) is 14.8 Å². The molecule has 0 saturated heterocycles. The van der Waals surface area contributed by atoms with Gasteiger partial charge in [-0.2, -0.15) is 0 Å². The van der Waals surface area contributed by atoms with Crippen molar-refractivity contribution in [3.63, 3.8) is 0 Å². The fraction of sp³-hybridized carbons (Fsp3) is 0.0625. The predicted molar refractivity (Wildman–Crippen MR) is 90.4 cm³/mol. The zero-order valence-electron chi connectivity index (χ0n) is 12.1. The maximum absolute atomic E-state index is 12.4. The molecule has 7 heteroatoms. The number of sulfonamides is 1. The zero-order valence-corrected chi connectivity index (χ0v) is 13.8. The van der Waals surface area contributed by atoms with Crippen molar-refractivity contribution < 1.29 is 17.9 Å². The Hall–Kier alpha value is -2.38. The van der Waals surface area contributed by atoms with E-state index in [2.05, 4.69) is 9.46 Å². The van der Waals surface area contributed by atoms with Gasteiger partial charge >= 0.3 is 5.97 Å². The average molecular weight is 347 g/mol. The molecule has 23 heavy (non-hydrogen) atoms. The number of anilines is 1. The number of hydrogen-bond acceptors (Lipinski definition) is 5. The lowest BCUT2D eigenvalue weighted by atomic mass is 10.2. The van der Waals surface area contributed by atoms with Gasteiger partial charge in [-0.15, -0.1) is 11.3 Å². The summed E-state index contributed by atoms with van der Waals surface area (Å²) in [5.41, 5.74) is 0.299. The molecule has 1 aromatic heterocycles. The molecule has 3 rings (SSSR count). The van der Waals surface area contributed by atoms with Gasteiger partial charge in [-0.1, -0.05) is 18.2 Å². The lowest BCUT2D eigenvalue weighted by molar-refractivity contribution is 0.0600. The van der Waals surface area contributed by atoms with Crippen molar-refractivity contribution in [2.24, 2.45) is 0 Å². The van der Waals surface area contributed by atoms with E-state index in [1.165, 1.54) is 42.7 Å². The van der Waals surface area contributed by atoms with Crippen LogP contribution in [0.2, 0.25) is 0 Å². The van der Waals surface area contributed by atoms with Crippen LogP contribution >= 0.6 is 11.3 Å². The van der Waals surface area contributed by atoms with Crippen LogP contribution in [0.4, 0.5) is 5.00 Å². The summed E-state index contributed by atoms with van der Waals surface area (Å²) < 4.78 is 33.0. The molecule has 0 aliphatic carbocycles. The summed E-state index contributed by atoms with van der Waals surface area (Å²) in [6.45, 7) is 0. The van der Waals surface area contributed by atoms with E-state index in [1.54, 1.807) is 6.07 Å². The van der Waals surface area contributed by atoms with Gasteiger partial charge in [-0.25, -0.2) is 13.2 Å². The van der Waals surface area contributed by atoms with Crippen LogP contribution < -0.4 is 4.72 Å². The third-order valence-corrected chi connectivity index (χ3v) is 5.79. The second-order valence-corrected chi connectivity index (χ2v) is 7.54. The van der Waals surface area contributed by atoms with Crippen LogP contribution in [0.15, 0.2) is 59.5 Å². The number of carbonyl (C=O) groups is 1. The lowest BCUT2D eigenvalue weighted by Gasteiger charge is -2.06. The van der Waals surface area contributed by atoms with E-state index >= 15 is 0 Å². The van der Waals surface area contributed by atoms with Crippen molar-refractivity contribution in [1.82, 2.24) is 0 Å². The number of carbonyl (C=O) groups excluding carboxylic acids is 1. The van der Waals surface area contributed by atoms with Crippen LogP contribution in [0.25, 0.3) is 10.1 Å². The van der Waals surface area contributed by atoms with Crippen molar-refractivity contribution in [1.29, 1.82) is 0 Å². The molecule has 2 aromatic carbocycles. The number of thiophene rings is 1. The van der Waals surface area contributed by atoms with Gasteiger partial charge in [0.05, 0.1) is 17.6 Å². The molecule has 0 aliphatic heterocycles. The highest BCUT2D eigenvalue weighted by molar-refractivity contribution is 7.93. The number of methoxy groups -OCH3 is 1. The van der Waals surface area contributed by atoms with Gasteiger partial charge < -0.3 is 4.74 Å². The average Bonchev–Trinajstić information content (AvgIpc) is 2.95. The summed E-state index contributed by atoms with van der Waals surface area (Å²) in [7, 11) is -2.43. The minimum Gasteiger partial charge on any atom is -0.465 e. The first-order chi connectivity index (χ1) is 11.0. The topological polar surface area (TPSA) is 72.5 Å². The molecular weight excluding hydrogens is 334 g/mol. The van der Waals surface area contributed by atoms with E-state index in [9.17, 15) is 13.2 Å². The molecule has 1 heterocycles. The standard InChI is InChI=1S/C16H13NO4S2/c1-21-16(18)11-6-8-13(9-7-11)23(19,20)17-15-10-12-4-2-3-5-14(12)22-15/h2-10,17H,1H3. The first-order valence-electron chi connectivity index (χ1n) is 6.69. The molecule has 0 amide bonds. The molecule has 1 N–H and O–H groups in total. The Kier molecular flexibility index (Phi) is 4.06. The summed E-state index contributed by atoms with van der Waals surface area (Å²) in [5, 5.41) is 1.53. The molecule has 0 saturated carbocycles. The Morgan fingerprint density at radius 2 is 1.78 bits per heavy atom. The third kappa shape index (κ3) is 3.20. The van der Waals surface area contributed by atoms with Crippen LogP contribution in [0.1, 0.15) is 10.4 Å². The number of hydrogen-bond donors (Lipinski definition) is 1. The third-order valence-electron chi connectivity index (χ3n) is 3.25. The normalized spacial score (nSPS) is 11.3. The SMILES string of the molecule is COC(=O)c1ccc(S(=O)(=O)Nc2cc3ccccc3s2)cc1. The summed E-state index contributed by atoms with van der Waals surface area (Å²) >= 11 is 1.37. The quantitative estimate of drug-likeness (QED) is 0.733. The minimum atomic E-state index is -3.70. The molecular formula is C16H13NO4S2. The molecule has 0 unspecified atom stereocenters. The Bertz CT molecular complexity index is 926. The van der Waals surface area contributed by atoms with Crippen LogP contribution in [-0.4, -0.2) is 21.5 Å². The van der Waals surface area contributed by atoms with Crippen molar-refractivity contribution in [2.45, 2.75) is 4.90 Å². The van der Waals surface area contributed by atoms with Crippen molar-refractivity contribution in [3.8, 4) is 0 Å². The molecule has 0 spiro atoms. The number of fused-ring (bicyclic) bond motifs is 1. The molecule has 0 radical (unpaired) electrons. The maximum Gasteiger partial charge on any atom is 0.337 e. The molecule has 118 valence electrons. The summed E-state index contributed by atoms with van der Waals surface area (Å²) in [6, 6.07) is 15.1. The number of rotatable bonds is 4. The van der Waals surface area contributed by atoms with Gasteiger partial charge in [0.25, 0.3) is 10.0 Å². The fourth-order valence-corrected chi connectivity index (χ4v) is 4.36. The number of ether oxygens (including phenoxy) is 1. The van der Waals surface area contributed by atoms with E-state index in [0.717, 1.165) is 10.1 Å². The minimum absolute atomic E-state index is 0.0857. The van der Waals surface area contributed by atoms with E-state index in [1.807, 2.05) is 24.3 Å². The number of benzene rings is 2. The Morgan fingerprint density at radius 3 is 2.43 bits per heavy atom. The molecule has 0 aliphatic rings. The lowest BCUT2D eigenvalue weighted by Crippen LogP contribution is -2.12. The molecule has 0 fully saturated rings. The van der Waals surface area contributed by atoms with Crippen LogP contribution in [0, 0.1) is 0 Å². The van der Waals surface area contributed by atoms with Gasteiger partial charge in [0.1, 0.15) is 5.00 Å². The molecule has 3 aromatic rings. The first-order valence-corrected chi connectivity index (χ1v) is 8.99. The predicted octanol–water partition coefficient (Wildman–Crippen LogP) is 3.49. The summed E-state index contributed by atoms with van der Waals surface area (Å²) in [5.74, 6) is -0.508. The van der Waals surface area contributed by atoms with Gasteiger partial charge in [0, 0.05) is 4.70 Å². The van der Waals surface area contributed by atoms with E-state index in [4.69, 9.17) is 0 Å². The van der Waals surface area contributed by atoms with Gasteiger partial charge in [-0.05, 0) is 41.8 Å². The first kappa shape index (κ1) is 15.5. The monoisotopic (exact) mass is 347 g/mol. The van der Waals surface area contributed by atoms with Crippen molar-refractivity contribution in [2.75, 3.05) is 11.8 Å². The fourth-order valence-electron chi connectivity index (χ4n) is 2.11. The number of nitrogens with one attached hydrogen (secondary N) is 1. The smallest absolute Gasteiger partial charge is 0.337 e. The zero-order chi connectivity index (χ0) is 16.4. The highest BCUT2D eigenvalue weighted by Crippen LogP contribution is 2.31. The molecule has 0 bridgehead atoms. The number of esters is 1. The maximum atomic E-state index is 12.4. The molecule has 0 atom stereocenters. The van der Waals surface area contributed by atoms with Gasteiger partial charge in [0.15, 0.2) is 0 Å². The van der Waals surface area contributed by atoms with Gasteiger partial charge in [0.2, 0.25) is 0 Å². The highest BCUT2D eigenvalue weighted by Gasteiger charge is 2.16. The Balaban J connectivity index is 1.87. The van der Waals surface area contributed by atoms with Crippen LogP contribution in [0.3, 0.4) is 0 Å². The van der Waals surface area contributed by atoms with Crippen molar-refractivity contribution in [3.05, 3.63) is 60.2 Å². The van der Waals surface area contributed by atoms with E-state index < -0.39 is 16.0 Å². The Labute approximate surface area is 137 Å². The molecule has 5 nitrogen and oxygen atoms in total. The second kappa shape index (κ2) is 6.02. The Morgan fingerprint density at radius 1 is 1.09 bits per heavy atom. The summed E-state index contributed by atoms with van der Waals surface area (Å²) in [4.78, 5) is 11.5.